The number of hydrogen-bond donors (Lipinski definition) is 1. The van der Waals surface area contributed by atoms with Crippen molar-refractivity contribution in [3.8, 4) is 0 Å². The van der Waals surface area contributed by atoms with E-state index >= 15 is 0 Å². The fourth-order valence-corrected chi connectivity index (χ4v) is 2.62. The van der Waals surface area contributed by atoms with Crippen molar-refractivity contribution in [1.29, 1.82) is 0 Å². The van der Waals surface area contributed by atoms with Gasteiger partial charge in [0.2, 0.25) is 16.0 Å². The SMILES string of the molecule is CCN(CC(F)(F)F)S(=O)(=O)c1cnc(NC)nc1. The van der Waals surface area contributed by atoms with Crippen LogP contribution in [0.4, 0.5) is 19.1 Å². The monoisotopic (exact) mass is 298 g/mol. The molecule has 0 spiro atoms. The molecule has 1 aromatic heterocycles. The average Bonchev–Trinajstić information content (AvgIpc) is 2.34. The Labute approximate surface area is 108 Å². The molecule has 0 unspecified atom stereocenters. The minimum Gasteiger partial charge on any atom is -0.357 e. The lowest BCUT2D eigenvalue weighted by molar-refractivity contribution is -0.135. The Hall–Kier alpha value is -1.42. The molecule has 1 N–H and O–H groups in total. The van der Waals surface area contributed by atoms with Crippen molar-refractivity contribution in [1.82, 2.24) is 14.3 Å². The number of halogens is 3. The van der Waals surface area contributed by atoms with Crippen LogP contribution in [0.15, 0.2) is 17.3 Å². The molecule has 0 atom stereocenters. The van der Waals surface area contributed by atoms with Crippen LogP contribution >= 0.6 is 0 Å². The van der Waals surface area contributed by atoms with Crippen LogP contribution in [0.2, 0.25) is 0 Å². The standard InChI is InChI=1S/C9H13F3N4O2S/c1-3-16(6-9(10,11)12)19(17,18)7-4-14-8(13-2)15-5-7/h4-5H,3,6H2,1-2H3,(H,13,14,15). The van der Waals surface area contributed by atoms with Crippen LogP contribution in [0.25, 0.3) is 0 Å². The third-order valence-electron chi connectivity index (χ3n) is 2.20. The maximum Gasteiger partial charge on any atom is 0.402 e. The van der Waals surface area contributed by atoms with E-state index in [4.69, 9.17) is 0 Å². The number of alkyl halides is 3. The van der Waals surface area contributed by atoms with Crippen molar-refractivity contribution in [2.45, 2.75) is 18.0 Å². The van der Waals surface area contributed by atoms with E-state index < -0.39 is 22.7 Å². The zero-order chi connectivity index (χ0) is 14.7. The molecule has 0 aromatic carbocycles. The quantitative estimate of drug-likeness (QED) is 0.880. The first kappa shape index (κ1) is 15.6. The van der Waals surface area contributed by atoms with Crippen LogP contribution in [-0.2, 0) is 10.0 Å². The number of nitrogens with zero attached hydrogens (tertiary/aromatic N) is 3. The van der Waals surface area contributed by atoms with Gasteiger partial charge in [-0.3, -0.25) is 0 Å². The highest BCUT2D eigenvalue weighted by atomic mass is 32.2. The van der Waals surface area contributed by atoms with Crippen molar-refractivity contribution in [2.75, 3.05) is 25.5 Å². The van der Waals surface area contributed by atoms with Gasteiger partial charge in [0.25, 0.3) is 0 Å². The van der Waals surface area contributed by atoms with Crippen molar-refractivity contribution >= 4 is 16.0 Å². The normalized spacial score (nSPS) is 12.7. The maximum atomic E-state index is 12.3. The van der Waals surface area contributed by atoms with Gasteiger partial charge in [-0.2, -0.15) is 17.5 Å². The Morgan fingerprint density at radius 3 is 2.21 bits per heavy atom. The molecule has 0 saturated heterocycles. The predicted molar refractivity (Wildman–Crippen MR) is 62.1 cm³/mol. The van der Waals surface area contributed by atoms with E-state index in [1.165, 1.54) is 14.0 Å². The van der Waals surface area contributed by atoms with Crippen molar-refractivity contribution in [3.05, 3.63) is 12.4 Å². The summed E-state index contributed by atoms with van der Waals surface area (Å²) in [6, 6.07) is 0. The first-order chi connectivity index (χ1) is 8.70. The largest absolute Gasteiger partial charge is 0.402 e. The second kappa shape index (κ2) is 5.70. The number of sulfonamides is 1. The Kier molecular flexibility index (Phi) is 4.69. The highest BCUT2D eigenvalue weighted by Crippen LogP contribution is 2.21. The van der Waals surface area contributed by atoms with Crippen molar-refractivity contribution in [3.63, 3.8) is 0 Å². The Morgan fingerprint density at radius 2 is 1.84 bits per heavy atom. The molecular formula is C9H13F3N4O2S. The van der Waals surface area contributed by atoms with E-state index in [2.05, 4.69) is 15.3 Å². The first-order valence-electron chi connectivity index (χ1n) is 5.27. The van der Waals surface area contributed by atoms with E-state index in [0.717, 1.165) is 12.4 Å². The number of anilines is 1. The second-order valence-corrected chi connectivity index (χ2v) is 5.48. The fraction of sp³-hybridized carbons (Fsp3) is 0.556. The van der Waals surface area contributed by atoms with Gasteiger partial charge in [0.15, 0.2) is 0 Å². The topological polar surface area (TPSA) is 75.2 Å². The molecule has 1 heterocycles. The van der Waals surface area contributed by atoms with Gasteiger partial charge >= 0.3 is 6.18 Å². The molecule has 0 saturated carbocycles. The summed E-state index contributed by atoms with van der Waals surface area (Å²) in [5.41, 5.74) is 0. The van der Waals surface area contributed by atoms with Gasteiger partial charge in [0.1, 0.15) is 11.4 Å². The average molecular weight is 298 g/mol. The fourth-order valence-electron chi connectivity index (χ4n) is 1.29. The summed E-state index contributed by atoms with van der Waals surface area (Å²) < 4.78 is 61.2. The Balaban J connectivity index is 3.06. The summed E-state index contributed by atoms with van der Waals surface area (Å²) in [6.07, 6.45) is -2.67. The zero-order valence-electron chi connectivity index (χ0n) is 10.3. The van der Waals surface area contributed by atoms with Crippen LogP contribution in [0.5, 0.6) is 0 Å². The van der Waals surface area contributed by atoms with Crippen molar-refractivity contribution < 1.29 is 21.6 Å². The number of rotatable bonds is 5. The van der Waals surface area contributed by atoms with E-state index in [9.17, 15) is 21.6 Å². The zero-order valence-corrected chi connectivity index (χ0v) is 11.1. The lowest BCUT2D eigenvalue weighted by Crippen LogP contribution is -2.38. The molecule has 1 rings (SSSR count). The smallest absolute Gasteiger partial charge is 0.357 e. The molecule has 6 nitrogen and oxygen atoms in total. The molecule has 108 valence electrons. The summed E-state index contributed by atoms with van der Waals surface area (Å²) in [6.45, 7) is -0.513. The predicted octanol–water partition coefficient (Wildman–Crippen LogP) is 1.09. The summed E-state index contributed by atoms with van der Waals surface area (Å²) in [7, 11) is -2.72. The molecule has 10 heteroatoms. The van der Waals surface area contributed by atoms with Crippen LogP contribution in [0, 0.1) is 0 Å². The summed E-state index contributed by atoms with van der Waals surface area (Å²) >= 11 is 0. The minimum atomic E-state index is -4.60. The first-order valence-corrected chi connectivity index (χ1v) is 6.71. The number of aromatic nitrogens is 2. The van der Waals surface area contributed by atoms with Crippen LogP contribution in [0.3, 0.4) is 0 Å². The second-order valence-electron chi connectivity index (χ2n) is 3.54. The minimum absolute atomic E-state index is 0.179. The van der Waals surface area contributed by atoms with Crippen LogP contribution in [0.1, 0.15) is 6.92 Å². The van der Waals surface area contributed by atoms with Gasteiger partial charge in [0.05, 0.1) is 12.4 Å². The molecule has 0 aliphatic carbocycles. The van der Waals surface area contributed by atoms with E-state index in [0.29, 0.717) is 4.31 Å². The Morgan fingerprint density at radius 1 is 1.32 bits per heavy atom. The van der Waals surface area contributed by atoms with Gasteiger partial charge in [-0.15, -0.1) is 0 Å². The summed E-state index contributed by atoms with van der Waals surface area (Å²) in [5, 5.41) is 2.58. The van der Waals surface area contributed by atoms with E-state index in [1.54, 1.807) is 0 Å². The van der Waals surface area contributed by atoms with Gasteiger partial charge < -0.3 is 5.32 Å². The van der Waals surface area contributed by atoms with Crippen LogP contribution < -0.4 is 5.32 Å². The number of hydrogen-bond acceptors (Lipinski definition) is 5. The van der Waals surface area contributed by atoms with Crippen molar-refractivity contribution in [2.24, 2.45) is 0 Å². The molecule has 0 aliphatic rings. The maximum absolute atomic E-state index is 12.3. The van der Waals surface area contributed by atoms with Gasteiger partial charge in [0, 0.05) is 13.6 Å². The van der Waals surface area contributed by atoms with Gasteiger partial charge in [-0.05, 0) is 0 Å². The molecule has 0 fully saturated rings. The molecule has 0 aliphatic heterocycles. The van der Waals surface area contributed by atoms with E-state index in [1.807, 2.05) is 0 Å². The molecule has 0 bridgehead atoms. The lowest BCUT2D eigenvalue weighted by atomic mass is 10.6. The summed E-state index contributed by atoms with van der Waals surface area (Å²) in [5.74, 6) is 0.179. The summed E-state index contributed by atoms with van der Waals surface area (Å²) in [4.78, 5) is 6.96. The van der Waals surface area contributed by atoms with E-state index in [-0.39, 0.29) is 17.4 Å². The van der Waals surface area contributed by atoms with Gasteiger partial charge in [-0.1, -0.05) is 6.92 Å². The van der Waals surface area contributed by atoms with Crippen LogP contribution in [-0.4, -0.2) is 49.0 Å². The molecule has 0 amide bonds. The van der Waals surface area contributed by atoms with Gasteiger partial charge in [-0.25, -0.2) is 18.4 Å². The lowest BCUT2D eigenvalue weighted by Gasteiger charge is -2.21. The molecule has 1 aromatic rings. The number of nitrogens with one attached hydrogen (secondary N) is 1. The third-order valence-corrected chi connectivity index (χ3v) is 4.07. The third kappa shape index (κ3) is 4.03. The highest BCUT2D eigenvalue weighted by molar-refractivity contribution is 7.89. The molecular weight excluding hydrogens is 285 g/mol. The molecule has 0 radical (unpaired) electrons. The highest BCUT2D eigenvalue weighted by Gasteiger charge is 2.36. The Bertz CT molecular complexity index is 515. The molecule has 19 heavy (non-hydrogen) atoms.